The molecule has 18 heavy (non-hydrogen) atoms. The summed E-state index contributed by atoms with van der Waals surface area (Å²) in [5.41, 5.74) is 0.657. The van der Waals surface area contributed by atoms with E-state index in [2.05, 4.69) is 5.32 Å². The molecule has 0 saturated heterocycles. The number of nitrogens with one attached hydrogen (secondary N) is 1. The van der Waals surface area contributed by atoms with Gasteiger partial charge in [-0.05, 0) is 31.2 Å². The lowest BCUT2D eigenvalue weighted by Gasteiger charge is -2.15. The topological polar surface area (TPSA) is 58.6 Å². The van der Waals surface area contributed by atoms with Crippen LogP contribution in [0.25, 0.3) is 0 Å². The fraction of sp³-hybridized carbons (Fsp3) is 0.500. The molecule has 100 valence electrons. The Morgan fingerprint density at radius 3 is 2.44 bits per heavy atom. The van der Waals surface area contributed by atoms with E-state index in [4.69, 9.17) is 4.74 Å². The van der Waals surface area contributed by atoms with Crippen LogP contribution >= 0.6 is 0 Å². The van der Waals surface area contributed by atoms with Gasteiger partial charge in [-0.15, -0.1) is 0 Å². The Hall–Kier alpha value is -1.39. The van der Waals surface area contributed by atoms with Crippen molar-refractivity contribution in [2.75, 3.05) is 13.2 Å². The SMILES string of the molecule is CC(=O)c1ccc(OC[C@H](O)CNC(C)C)cc1. The third kappa shape index (κ3) is 5.29. The number of ether oxygens (including phenoxy) is 1. The van der Waals surface area contributed by atoms with Crippen LogP contribution in [-0.4, -0.2) is 36.2 Å². The van der Waals surface area contributed by atoms with Crippen LogP contribution < -0.4 is 10.1 Å². The highest BCUT2D eigenvalue weighted by atomic mass is 16.5. The van der Waals surface area contributed by atoms with Crippen LogP contribution in [0, 0.1) is 0 Å². The molecule has 0 unspecified atom stereocenters. The van der Waals surface area contributed by atoms with Crippen molar-refractivity contribution < 1.29 is 14.6 Å². The lowest BCUT2D eigenvalue weighted by atomic mass is 10.1. The van der Waals surface area contributed by atoms with E-state index in [1.165, 1.54) is 6.92 Å². The molecule has 0 radical (unpaired) electrons. The summed E-state index contributed by atoms with van der Waals surface area (Å²) in [4.78, 5) is 11.1. The molecule has 0 aliphatic carbocycles. The van der Waals surface area contributed by atoms with Crippen LogP contribution in [0.1, 0.15) is 31.1 Å². The van der Waals surface area contributed by atoms with Crippen molar-refractivity contribution >= 4 is 5.78 Å². The molecule has 0 bridgehead atoms. The Bertz CT molecular complexity index is 373. The van der Waals surface area contributed by atoms with E-state index in [1.807, 2.05) is 13.8 Å². The molecule has 0 aromatic heterocycles. The summed E-state index contributed by atoms with van der Waals surface area (Å²) >= 11 is 0. The Labute approximate surface area is 108 Å². The maximum absolute atomic E-state index is 11.1. The van der Waals surface area contributed by atoms with Gasteiger partial charge in [0.15, 0.2) is 5.78 Å². The van der Waals surface area contributed by atoms with E-state index in [9.17, 15) is 9.90 Å². The first kappa shape index (κ1) is 14.7. The highest BCUT2D eigenvalue weighted by Crippen LogP contribution is 2.12. The number of rotatable bonds is 7. The van der Waals surface area contributed by atoms with E-state index in [-0.39, 0.29) is 12.4 Å². The summed E-state index contributed by atoms with van der Waals surface area (Å²) in [6.45, 7) is 6.31. The van der Waals surface area contributed by atoms with Gasteiger partial charge < -0.3 is 15.2 Å². The zero-order chi connectivity index (χ0) is 13.5. The van der Waals surface area contributed by atoms with E-state index in [0.29, 0.717) is 23.9 Å². The molecule has 0 amide bonds. The Balaban J connectivity index is 2.36. The molecule has 0 saturated carbocycles. The number of ketones is 1. The third-order valence-corrected chi connectivity index (χ3v) is 2.46. The molecule has 0 spiro atoms. The number of aliphatic hydroxyl groups excluding tert-OH is 1. The van der Waals surface area contributed by atoms with Crippen molar-refractivity contribution in [2.45, 2.75) is 32.9 Å². The highest BCUT2D eigenvalue weighted by Gasteiger charge is 2.06. The largest absolute Gasteiger partial charge is 0.491 e. The van der Waals surface area contributed by atoms with Crippen LogP contribution in [0.4, 0.5) is 0 Å². The second-order valence-corrected chi connectivity index (χ2v) is 4.61. The Morgan fingerprint density at radius 2 is 1.94 bits per heavy atom. The van der Waals surface area contributed by atoms with Crippen molar-refractivity contribution in [1.82, 2.24) is 5.32 Å². The minimum Gasteiger partial charge on any atom is -0.491 e. The van der Waals surface area contributed by atoms with Gasteiger partial charge in [-0.2, -0.15) is 0 Å². The predicted molar refractivity (Wildman–Crippen MR) is 71.1 cm³/mol. The summed E-state index contributed by atoms with van der Waals surface area (Å²) in [6.07, 6.45) is -0.542. The summed E-state index contributed by atoms with van der Waals surface area (Å²) < 4.78 is 5.43. The number of hydrogen-bond donors (Lipinski definition) is 2. The van der Waals surface area contributed by atoms with Gasteiger partial charge in [-0.3, -0.25) is 4.79 Å². The second-order valence-electron chi connectivity index (χ2n) is 4.61. The summed E-state index contributed by atoms with van der Waals surface area (Å²) in [6, 6.07) is 7.25. The fourth-order valence-corrected chi connectivity index (χ4v) is 1.41. The van der Waals surface area contributed by atoms with E-state index in [0.717, 1.165) is 0 Å². The number of Topliss-reactive ketones (excluding diaryl/α,β-unsaturated/α-hetero) is 1. The molecule has 1 aromatic carbocycles. The Kier molecular flexibility index (Phi) is 5.82. The molecular weight excluding hydrogens is 230 g/mol. The Morgan fingerprint density at radius 1 is 1.33 bits per heavy atom. The molecule has 1 atom stereocenters. The van der Waals surface area contributed by atoms with E-state index in [1.54, 1.807) is 24.3 Å². The first-order valence-corrected chi connectivity index (χ1v) is 6.14. The van der Waals surface area contributed by atoms with Crippen LogP contribution in [-0.2, 0) is 0 Å². The van der Waals surface area contributed by atoms with Gasteiger partial charge in [0.05, 0.1) is 0 Å². The van der Waals surface area contributed by atoms with Crippen molar-refractivity contribution in [3.05, 3.63) is 29.8 Å². The summed E-state index contributed by atoms with van der Waals surface area (Å²) in [7, 11) is 0. The zero-order valence-corrected chi connectivity index (χ0v) is 11.1. The molecule has 0 heterocycles. The maximum Gasteiger partial charge on any atom is 0.159 e. The molecule has 0 aliphatic heterocycles. The second kappa shape index (κ2) is 7.13. The first-order chi connectivity index (χ1) is 8.49. The maximum atomic E-state index is 11.1. The molecule has 0 fully saturated rings. The molecule has 4 nitrogen and oxygen atoms in total. The zero-order valence-electron chi connectivity index (χ0n) is 11.1. The van der Waals surface area contributed by atoms with Crippen LogP contribution in [0.5, 0.6) is 5.75 Å². The highest BCUT2D eigenvalue weighted by molar-refractivity contribution is 5.94. The van der Waals surface area contributed by atoms with Gasteiger partial charge in [0.1, 0.15) is 18.5 Å². The standard InChI is InChI=1S/C14H21NO3/c1-10(2)15-8-13(17)9-18-14-6-4-12(5-7-14)11(3)16/h4-7,10,13,15,17H,8-9H2,1-3H3/t13-/m1/s1. The average Bonchev–Trinajstić information content (AvgIpc) is 2.34. The van der Waals surface area contributed by atoms with Crippen LogP contribution in [0.15, 0.2) is 24.3 Å². The fourth-order valence-electron chi connectivity index (χ4n) is 1.41. The van der Waals surface area contributed by atoms with Crippen LogP contribution in [0.2, 0.25) is 0 Å². The number of hydrogen-bond acceptors (Lipinski definition) is 4. The van der Waals surface area contributed by atoms with Gasteiger partial charge in [0.25, 0.3) is 0 Å². The van der Waals surface area contributed by atoms with Crippen LogP contribution in [0.3, 0.4) is 0 Å². The molecular formula is C14H21NO3. The molecule has 2 N–H and O–H groups in total. The summed E-state index contributed by atoms with van der Waals surface area (Å²) in [5, 5.41) is 12.8. The monoisotopic (exact) mass is 251 g/mol. The van der Waals surface area contributed by atoms with Crippen molar-refractivity contribution in [1.29, 1.82) is 0 Å². The quantitative estimate of drug-likeness (QED) is 0.723. The average molecular weight is 251 g/mol. The van der Waals surface area contributed by atoms with Crippen molar-refractivity contribution in [3.8, 4) is 5.75 Å². The lowest BCUT2D eigenvalue weighted by molar-refractivity contribution is 0.101. The van der Waals surface area contributed by atoms with E-state index >= 15 is 0 Å². The normalized spacial score (nSPS) is 12.5. The first-order valence-electron chi connectivity index (χ1n) is 6.14. The summed E-state index contributed by atoms with van der Waals surface area (Å²) in [5.74, 6) is 0.686. The molecule has 1 aromatic rings. The number of carbonyl (C=O) groups excluding carboxylic acids is 1. The lowest BCUT2D eigenvalue weighted by Crippen LogP contribution is -2.35. The minimum absolute atomic E-state index is 0.0303. The van der Waals surface area contributed by atoms with Gasteiger partial charge in [-0.25, -0.2) is 0 Å². The van der Waals surface area contributed by atoms with Gasteiger partial charge in [0, 0.05) is 18.2 Å². The van der Waals surface area contributed by atoms with Gasteiger partial charge in [0.2, 0.25) is 0 Å². The van der Waals surface area contributed by atoms with Gasteiger partial charge in [-0.1, -0.05) is 13.8 Å². The number of carbonyl (C=O) groups is 1. The molecule has 4 heteroatoms. The number of benzene rings is 1. The number of aliphatic hydroxyl groups is 1. The van der Waals surface area contributed by atoms with Crippen molar-refractivity contribution in [3.63, 3.8) is 0 Å². The van der Waals surface area contributed by atoms with Gasteiger partial charge >= 0.3 is 0 Å². The minimum atomic E-state index is -0.542. The third-order valence-electron chi connectivity index (χ3n) is 2.46. The van der Waals surface area contributed by atoms with E-state index < -0.39 is 6.10 Å². The molecule has 1 rings (SSSR count). The predicted octanol–water partition coefficient (Wildman–Crippen LogP) is 1.63. The smallest absolute Gasteiger partial charge is 0.159 e. The molecule has 0 aliphatic rings. The van der Waals surface area contributed by atoms with Crippen molar-refractivity contribution in [2.24, 2.45) is 0 Å².